The van der Waals surface area contributed by atoms with Gasteiger partial charge in [0.2, 0.25) is 10.0 Å². The van der Waals surface area contributed by atoms with E-state index < -0.39 is 10.0 Å². The molecule has 2 unspecified atom stereocenters. The first kappa shape index (κ1) is 17.0. The van der Waals surface area contributed by atoms with Crippen LogP contribution in [0, 0.1) is 11.8 Å². The average molecular weight is 351 g/mol. The van der Waals surface area contributed by atoms with Gasteiger partial charge >= 0.3 is 0 Å². The standard InChI is InChI=1S/C14H20Cl2N2O2S/c1-9-3-2-4-10(9)8-18-21(19,20)13-6-12(15)5-11(7-17)14(13)16/h5-6,9-10,18H,2-4,7-8,17H2,1H3. The summed E-state index contributed by atoms with van der Waals surface area (Å²) < 4.78 is 27.5. The second kappa shape index (κ2) is 6.84. The molecule has 0 amide bonds. The zero-order valence-corrected chi connectivity index (χ0v) is 14.2. The Labute approximate surface area is 136 Å². The fourth-order valence-electron chi connectivity index (χ4n) is 2.78. The maximum Gasteiger partial charge on any atom is 0.242 e. The average Bonchev–Trinajstić information content (AvgIpc) is 2.84. The topological polar surface area (TPSA) is 72.2 Å². The van der Waals surface area contributed by atoms with Crippen LogP contribution in [0.4, 0.5) is 0 Å². The summed E-state index contributed by atoms with van der Waals surface area (Å²) in [5.74, 6) is 0.925. The molecule has 0 radical (unpaired) electrons. The van der Waals surface area contributed by atoms with Crippen LogP contribution in [0.15, 0.2) is 17.0 Å². The summed E-state index contributed by atoms with van der Waals surface area (Å²) in [6, 6.07) is 2.95. The third kappa shape index (κ3) is 3.90. The fourth-order valence-corrected chi connectivity index (χ4v) is 4.82. The summed E-state index contributed by atoms with van der Waals surface area (Å²) in [6.07, 6.45) is 3.37. The molecule has 0 heterocycles. The summed E-state index contributed by atoms with van der Waals surface area (Å²) in [7, 11) is -3.68. The van der Waals surface area contributed by atoms with E-state index in [1.807, 2.05) is 0 Å². The molecule has 7 heteroatoms. The van der Waals surface area contributed by atoms with Crippen LogP contribution in [0.5, 0.6) is 0 Å². The van der Waals surface area contributed by atoms with E-state index in [1.54, 1.807) is 6.07 Å². The number of hydrogen-bond donors (Lipinski definition) is 2. The Morgan fingerprint density at radius 3 is 2.62 bits per heavy atom. The normalized spacial score (nSPS) is 22.7. The van der Waals surface area contributed by atoms with E-state index in [0.717, 1.165) is 19.3 Å². The van der Waals surface area contributed by atoms with Gasteiger partial charge in [-0.05, 0) is 36.0 Å². The van der Waals surface area contributed by atoms with Crippen molar-refractivity contribution >= 4 is 33.2 Å². The molecule has 21 heavy (non-hydrogen) atoms. The summed E-state index contributed by atoms with van der Waals surface area (Å²) in [6.45, 7) is 2.73. The predicted octanol–water partition coefficient (Wildman–Crippen LogP) is 3.17. The van der Waals surface area contributed by atoms with Gasteiger partial charge in [-0.1, -0.05) is 43.0 Å². The van der Waals surface area contributed by atoms with Gasteiger partial charge in [0.15, 0.2) is 0 Å². The lowest BCUT2D eigenvalue weighted by Crippen LogP contribution is -2.30. The van der Waals surface area contributed by atoms with Gasteiger partial charge < -0.3 is 5.73 Å². The first-order chi connectivity index (χ1) is 9.85. The first-order valence-electron chi connectivity index (χ1n) is 7.03. The molecular formula is C14H20Cl2N2O2S. The summed E-state index contributed by atoms with van der Waals surface area (Å²) >= 11 is 12.1. The maximum absolute atomic E-state index is 12.4. The van der Waals surface area contributed by atoms with Crippen LogP contribution in [0.2, 0.25) is 10.0 Å². The van der Waals surface area contributed by atoms with Gasteiger partial charge in [0.1, 0.15) is 4.90 Å². The Balaban J connectivity index is 2.21. The van der Waals surface area contributed by atoms with Gasteiger partial charge in [0.05, 0.1) is 5.02 Å². The maximum atomic E-state index is 12.4. The smallest absolute Gasteiger partial charge is 0.242 e. The van der Waals surface area contributed by atoms with Crippen LogP contribution in [0.1, 0.15) is 31.7 Å². The summed E-state index contributed by atoms with van der Waals surface area (Å²) in [5, 5.41) is 0.461. The minimum atomic E-state index is -3.68. The minimum absolute atomic E-state index is 0.00256. The van der Waals surface area contributed by atoms with E-state index in [4.69, 9.17) is 28.9 Å². The van der Waals surface area contributed by atoms with Gasteiger partial charge in [0, 0.05) is 18.1 Å². The quantitative estimate of drug-likeness (QED) is 0.856. The van der Waals surface area contributed by atoms with Crippen molar-refractivity contribution in [3.8, 4) is 0 Å². The SMILES string of the molecule is CC1CCCC1CNS(=O)(=O)c1cc(Cl)cc(CN)c1Cl. The van der Waals surface area contributed by atoms with Gasteiger partial charge in [0.25, 0.3) is 0 Å². The largest absolute Gasteiger partial charge is 0.326 e. The van der Waals surface area contributed by atoms with Crippen molar-refractivity contribution in [1.29, 1.82) is 0 Å². The Morgan fingerprint density at radius 1 is 1.33 bits per heavy atom. The van der Waals surface area contributed by atoms with Crippen LogP contribution in [0.25, 0.3) is 0 Å². The summed E-state index contributed by atoms with van der Waals surface area (Å²) in [4.78, 5) is 0.00256. The highest BCUT2D eigenvalue weighted by Gasteiger charge is 2.26. The predicted molar refractivity (Wildman–Crippen MR) is 86.0 cm³/mol. The second-order valence-corrected chi connectivity index (χ2v) is 8.15. The number of sulfonamides is 1. The Morgan fingerprint density at radius 2 is 2.05 bits per heavy atom. The van der Waals surface area contributed by atoms with E-state index in [9.17, 15) is 8.42 Å². The van der Waals surface area contributed by atoms with Gasteiger partial charge in [-0.3, -0.25) is 0 Å². The highest BCUT2D eigenvalue weighted by Crippen LogP contribution is 2.32. The van der Waals surface area contributed by atoms with Crippen molar-refractivity contribution in [2.24, 2.45) is 17.6 Å². The monoisotopic (exact) mass is 350 g/mol. The number of hydrogen-bond acceptors (Lipinski definition) is 3. The Hall–Kier alpha value is -0.330. The molecule has 3 N–H and O–H groups in total. The lowest BCUT2D eigenvalue weighted by molar-refractivity contribution is 0.414. The van der Waals surface area contributed by atoms with Crippen LogP contribution >= 0.6 is 23.2 Å². The van der Waals surface area contributed by atoms with Gasteiger partial charge in [-0.2, -0.15) is 0 Å². The second-order valence-electron chi connectivity index (χ2n) is 5.60. The van der Waals surface area contributed by atoms with Crippen molar-refractivity contribution < 1.29 is 8.42 Å². The number of nitrogens with two attached hydrogens (primary N) is 1. The molecule has 1 aromatic rings. The molecule has 0 spiro atoms. The number of benzene rings is 1. The molecule has 118 valence electrons. The molecular weight excluding hydrogens is 331 g/mol. The number of halogens is 2. The molecule has 1 fully saturated rings. The first-order valence-corrected chi connectivity index (χ1v) is 9.26. The highest BCUT2D eigenvalue weighted by molar-refractivity contribution is 7.89. The van der Waals surface area contributed by atoms with E-state index in [0.29, 0.717) is 29.0 Å². The van der Waals surface area contributed by atoms with Crippen LogP contribution in [0.3, 0.4) is 0 Å². The van der Waals surface area contributed by atoms with Crippen molar-refractivity contribution in [3.05, 3.63) is 27.7 Å². The molecule has 0 aliphatic heterocycles. The van der Waals surface area contributed by atoms with Crippen LogP contribution in [-0.4, -0.2) is 15.0 Å². The summed E-state index contributed by atoms with van der Waals surface area (Å²) in [5.41, 5.74) is 6.09. The molecule has 2 atom stereocenters. The third-order valence-electron chi connectivity index (χ3n) is 4.16. The van der Waals surface area contributed by atoms with E-state index in [2.05, 4.69) is 11.6 Å². The molecule has 2 rings (SSSR count). The van der Waals surface area contributed by atoms with Crippen molar-refractivity contribution in [2.75, 3.05) is 6.54 Å². The molecule has 4 nitrogen and oxygen atoms in total. The van der Waals surface area contributed by atoms with Crippen molar-refractivity contribution in [2.45, 2.75) is 37.6 Å². The molecule has 0 saturated heterocycles. The Kier molecular flexibility index (Phi) is 5.54. The van der Waals surface area contributed by atoms with E-state index in [-0.39, 0.29) is 16.5 Å². The number of nitrogens with one attached hydrogen (secondary N) is 1. The number of rotatable bonds is 5. The highest BCUT2D eigenvalue weighted by atomic mass is 35.5. The van der Waals surface area contributed by atoms with Crippen LogP contribution < -0.4 is 10.5 Å². The van der Waals surface area contributed by atoms with Crippen LogP contribution in [-0.2, 0) is 16.6 Å². The van der Waals surface area contributed by atoms with E-state index >= 15 is 0 Å². The van der Waals surface area contributed by atoms with Gasteiger partial charge in [-0.15, -0.1) is 0 Å². The Bertz CT molecular complexity index is 620. The van der Waals surface area contributed by atoms with Gasteiger partial charge in [-0.25, -0.2) is 13.1 Å². The molecule has 1 saturated carbocycles. The lowest BCUT2D eigenvalue weighted by atomic mass is 9.99. The molecule has 1 aliphatic carbocycles. The minimum Gasteiger partial charge on any atom is -0.326 e. The lowest BCUT2D eigenvalue weighted by Gasteiger charge is -2.17. The van der Waals surface area contributed by atoms with Crippen molar-refractivity contribution in [1.82, 2.24) is 4.72 Å². The van der Waals surface area contributed by atoms with E-state index in [1.165, 1.54) is 6.07 Å². The molecule has 1 aromatic carbocycles. The fraction of sp³-hybridized carbons (Fsp3) is 0.571. The molecule has 1 aliphatic rings. The molecule has 0 aromatic heterocycles. The van der Waals surface area contributed by atoms with Crippen molar-refractivity contribution in [3.63, 3.8) is 0 Å². The third-order valence-corrected chi connectivity index (χ3v) is 6.39. The zero-order valence-electron chi connectivity index (χ0n) is 11.9. The molecule has 0 bridgehead atoms. The zero-order chi connectivity index (χ0) is 15.6.